The molecule has 3 heteroatoms. The average molecular weight is 330 g/mol. The third kappa shape index (κ3) is 2.76. The minimum atomic E-state index is -0.394. The number of likely N-dealkylation sites (N-methyl/N-ethyl adjacent to an activating group) is 1. The van der Waals surface area contributed by atoms with Gasteiger partial charge in [0.1, 0.15) is 6.04 Å². The Labute approximate surface area is 148 Å². The lowest BCUT2D eigenvalue weighted by molar-refractivity contribution is -0.129. The van der Waals surface area contributed by atoms with E-state index in [1.54, 1.807) is 19.0 Å². The van der Waals surface area contributed by atoms with Gasteiger partial charge in [-0.2, -0.15) is 0 Å². The van der Waals surface area contributed by atoms with Crippen molar-refractivity contribution in [2.45, 2.75) is 18.9 Å². The van der Waals surface area contributed by atoms with Gasteiger partial charge in [0, 0.05) is 25.2 Å². The van der Waals surface area contributed by atoms with Gasteiger partial charge in [0.05, 0.1) is 0 Å². The molecule has 0 radical (unpaired) electrons. The number of carbonyl (C=O) groups excluding carboxylic acids is 1. The van der Waals surface area contributed by atoms with Crippen LogP contribution in [0.2, 0.25) is 0 Å². The summed E-state index contributed by atoms with van der Waals surface area (Å²) in [5, 5.41) is 6.08. The summed E-state index contributed by atoms with van der Waals surface area (Å²) in [6.45, 7) is 0. The van der Waals surface area contributed by atoms with Gasteiger partial charge in [0.2, 0.25) is 5.91 Å². The summed E-state index contributed by atoms with van der Waals surface area (Å²) in [6, 6.07) is 20.3. The Hall–Kier alpha value is -2.81. The zero-order valence-corrected chi connectivity index (χ0v) is 14.6. The van der Waals surface area contributed by atoms with Crippen LogP contribution in [-0.4, -0.2) is 24.9 Å². The Morgan fingerprint density at radius 2 is 1.64 bits per heavy atom. The second-order valence-electron chi connectivity index (χ2n) is 6.83. The molecular formula is C22H22N2O. The van der Waals surface area contributed by atoms with Crippen LogP contribution < -0.4 is 5.32 Å². The summed E-state index contributed by atoms with van der Waals surface area (Å²) in [4.78, 5) is 14.4. The quantitative estimate of drug-likeness (QED) is 0.778. The lowest BCUT2D eigenvalue weighted by atomic mass is 10.0. The van der Waals surface area contributed by atoms with Gasteiger partial charge in [-0.3, -0.25) is 4.79 Å². The van der Waals surface area contributed by atoms with Crippen molar-refractivity contribution in [3.63, 3.8) is 0 Å². The maximum Gasteiger partial charge on any atom is 0.249 e. The number of carbonyl (C=O) groups is 1. The molecule has 1 unspecified atom stereocenters. The molecule has 3 aromatic carbocycles. The van der Waals surface area contributed by atoms with Crippen molar-refractivity contribution < 1.29 is 4.79 Å². The molecule has 4 rings (SSSR count). The van der Waals surface area contributed by atoms with Crippen molar-refractivity contribution >= 4 is 22.4 Å². The molecule has 1 amide bonds. The van der Waals surface area contributed by atoms with Crippen LogP contribution in [0.4, 0.5) is 5.69 Å². The summed E-state index contributed by atoms with van der Waals surface area (Å²) in [7, 11) is 3.60. The summed E-state index contributed by atoms with van der Waals surface area (Å²) >= 11 is 0. The van der Waals surface area contributed by atoms with Gasteiger partial charge in [-0.1, -0.05) is 54.6 Å². The van der Waals surface area contributed by atoms with Gasteiger partial charge in [-0.25, -0.2) is 0 Å². The lowest BCUT2D eigenvalue weighted by Gasteiger charge is -2.24. The highest BCUT2D eigenvalue weighted by atomic mass is 16.2. The fourth-order valence-electron chi connectivity index (χ4n) is 3.72. The maximum absolute atomic E-state index is 12.8. The van der Waals surface area contributed by atoms with Crippen molar-refractivity contribution in [1.82, 2.24) is 4.90 Å². The molecule has 0 saturated heterocycles. The molecule has 0 bridgehead atoms. The number of anilines is 1. The number of aryl methyl sites for hydroxylation is 2. The number of hydrogen-bond donors (Lipinski definition) is 1. The van der Waals surface area contributed by atoms with Crippen molar-refractivity contribution in [3.05, 3.63) is 77.4 Å². The first kappa shape index (κ1) is 15.7. The highest BCUT2D eigenvalue weighted by Crippen LogP contribution is 2.36. The molecule has 1 aliphatic carbocycles. The van der Waals surface area contributed by atoms with E-state index >= 15 is 0 Å². The molecule has 0 spiro atoms. The first-order valence-corrected chi connectivity index (χ1v) is 8.71. The average Bonchev–Trinajstić information content (AvgIpc) is 3.06. The van der Waals surface area contributed by atoms with Gasteiger partial charge < -0.3 is 10.2 Å². The molecule has 0 aliphatic heterocycles. The van der Waals surface area contributed by atoms with E-state index in [1.807, 2.05) is 30.3 Å². The number of hydrogen-bond acceptors (Lipinski definition) is 2. The Balaban J connectivity index is 1.79. The highest BCUT2D eigenvalue weighted by molar-refractivity contribution is 6.00. The molecule has 1 atom stereocenters. The molecule has 126 valence electrons. The Morgan fingerprint density at radius 1 is 0.920 bits per heavy atom. The number of nitrogens with one attached hydrogen (secondary N) is 1. The van der Waals surface area contributed by atoms with Gasteiger partial charge in [0.25, 0.3) is 0 Å². The van der Waals surface area contributed by atoms with Crippen LogP contribution in [0, 0.1) is 0 Å². The smallest absolute Gasteiger partial charge is 0.249 e. The molecule has 0 saturated carbocycles. The van der Waals surface area contributed by atoms with E-state index in [9.17, 15) is 4.79 Å². The fourth-order valence-corrected chi connectivity index (χ4v) is 3.72. The van der Waals surface area contributed by atoms with E-state index in [0.29, 0.717) is 0 Å². The molecule has 3 nitrogen and oxygen atoms in total. The summed E-state index contributed by atoms with van der Waals surface area (Å²) in [5.74, 6) is 0.0504. The van der Waals surface area contributed by atoms with Crippen LogP contribution in [-0.2, 0) is 17.6 Å². The number of rotatable bonds is 4. The Morgan fingerprint density at radius 3 is 2.36 bits per heavy atom. The Bertz CT molecular complexity index is 921. The zero-order valence-electron chi connectivity index (χ0n) is 14.6. The van der Waals surface area contributed by atoms with Crippen LogP contribution in [0.5, 0.6) is 0 Å². The second-order valence-corrected chi connectivity index (χ2v) is 6.83. The standard InChI is InChI=1S/C22H22N2O/c1-24(2)22(25)21(17-7-4-3-5-8-17)23-19-14-13-16-12-11-15-9-6-10-18(19)20(15)16/h3-10,13-14,21,23H,11-12H2,1-2H3. The first-order valence-electron chi connectivity index (χ1n) is 8.71. The zero-order chi connectivity index (χ0) is 17.4. The SMILES string of the molecule is CN(C)C(=O)C(Nc1ccc2c3c(cccc13)CC2)c1ccccc1. The van der Waals surface area contributed by atoms with Crippen LogP contribution in [0.3, 0.4) is 0 Å². The van der Waals surface area contributed by atoms with Gasteiger partial charge in [-0.15, -0.1) is 0 Å². The van der Waals surface area contributed by atoms with Crippen LogP contribution in [0.15, 0.2) is 60.7 Å². The van der Waals surface area contributed by atoms with Gasteiger partial charge in [0.15, 0.2) is 0 Å². The minimum Gasteiger partial charge on any atom is -0.370 e. The van der Waals surface area contributed by atoms with E-state index in [0.717, 1.165) is 24.1 Å². The monoisotopic (exact) mass is 330 g/mol. The molecule has 1 aliphatic rings. The highest BCUT2D eigenvalue weighted by Gasteiger charge is 2.24. The molecule has 0 fully saturated rings. The summed E-state index contributed by atoms with van der Waals surface area (Å²) < 4.78 is 0. The van der Waals surface area contributed by atoms with E-state index in [4.69, 9.17) is 0 Å². The fraction of sp³-hybridized carbons (Fsp3) is 0.227. The van der Waals surface area contributed by atoms with Crippen molar-refractivity contribution in [2.75, 3.05) is 19.4 Å². The first-order chi connectivity index (χ1) is 12.1. The third-order valence-electron chi connectivity index (χ3n) is 5.00. The summed E-state index contributed by atoms with van der Waals surface area (Å²) in [5.41, 5.74) is 4.81. The van der Waals surface area contributed by atoms with E-state index in [1.165, 1.54) is 21.9 Å². The van der Waals surface area contributed by atoms with Crippen LogP contribution in [0.25, 0.3) is 10.8 Å². The Kier molecular flexibility index (Phi) is 3.92. The second kappa shape index (κ2) is 6.25. The number of nitrogens with zero attached hydrogens (tertiary/aromatic N) is 1. The summed E-state index contributed by atoms with van der Waals surface area (Å²) in [6.07, 6.45) is 2.21. The van der Waals surface area contributed by atoms with Crippen molar-refractivity contribution in [2.24, 2.45) is 0 Å². The van der Waals surface area contributed by atoms with Gasteiger partial charge >= 0.3 is 0 Å². The topological polar surface area (TPSA) is 32.3 Å². The number of amides is 1. The normalized spacial score (nSPS) is 13.7. The van der Waals surface area contributed by atoms with E-state index < -0.39 is 6.04 Å². The van der Waals surface area contributed by atoms with E-state index in [-0.39, 0.29) is 5.91 Å². The maximum atomic E-state index is 12.8. The van der Waals surface area contributed by atoms with Gasteiger partial charge in [-0.05, 0) is 41.0 Å². The van der Waals surface area contributed by atoms with E-state index in [2.05, 4.69) is 35.6 Å². The van der Waals surface area contributed by atoms with Crippen molar-refractivity contribution in [3.8, 4) is 0 Å². The third-order valence-corrected chi connectivity index (χ3v) is 5.00. The van der Waals surface area contributed by atoms with Crippen molar-refractivity contribution in [1.29, 1.82) is 0 Å². The molecule has 0 heterocycles. The molecule has 3 aromatic rings. The predicted molar refractivity (Wildman–Crippen MR) is 103 cm³/mol. The molecule has 1 N–H and O–H groups in total. The molecule has 25 heavy (non-hydrogen) atoms. The number of benzene rings is 3. The predicted octanol–water partition coefficient (Wildman–Crippen LogP) is 4.18. The molecule has 0 aromatic heterocycles. The van der Waals surface area contributed by atoms with Crippen LogP contribution in [0.1, 0.15) is 22.7 Å². The largest absolute Gasteiger partial charge is 0.370 e. The lowest BCUT2D eigenvalue weighted by Crippen LogP contribution is -2.32. The minimum absolute atomic E-state index is 0.0504. The van der Waals surface area contributed by atoms with Crippen LogP contribution >= 0.6 is 0 Å². The molecular weight excluding hydrogens is 308 g/mol.